The van der Waals surface area contributed by atoms with E-state index < -0.39 is 30.2 Å². The van der Waals surface area contributed by atoms with E-state index in [2.05, 4.69) is 11.4 Å². The van der Waals surface area contributed by atoms with Crippen molar-refractivity contribution in [1.82, 2.24) is 15.1 Å². The molecule has 2 aliphatic heterocycles. The van der Waals surface area contributed by atoms with Gasteiger partial charge in [-0.15, -0.1) is 0 Å². The van der Waals surface area contributed by atoms with Crippen LogP contribution in [0.2, 0.25) is 0 Å². The highest BCUT2D eigenvalue weighted by molar-refractivity contribution is 5.87. The van der Waals surface area contributed by atoms with Gasteiger partial charge in [0.05, 0.1) is 12.6 Å². The molecule has 2 saturated heterocycles. The number of hydrogen-bond acceptors (Lipinski definition) is 5. The van der Waals surface area contributed by atoms with Crippen molar-refractivity contribution >= 4 is 12.0 Å². The summed E-state index contributed by atoms with van der Waals surface area (Å²) in [6.07, 6.45) is 0.801. The van der Waals surface area contributed by atoms with Gasteiger partial charge in [0.2, 0.25) is 5.91 Å². The standard InChI is InChI=1S/C29H42F2N4O3/c1-19-6-7-20(2)35(28(37)38-29(3,4)5)26(19)27(36)33-24(17-32)16-21-8-10-22(11-9-21)23-12-14-34(15-13-23)18-25(30)31/h8-11,19-20,23-26H,6-7,12-16,18H2,1-5H3,(H,33,36)/t19-,20+,24+,26+/m1/s1. The molecule has 7 nitrogen and oxygen atoms in total. The first-order valence-electron chi connectivity index (χ1n) is 13.7. The lowest BCUT2D eigenvalue weighted by molar-refractivity contribution is -0.131. The van der Waals surface area contributed by atoms with E-state index in [1.54, 1.807) is 20.8 Å². The third kappa shape index (κ3) is 8.13. The van der Waals surface area contributed by atoms with Gasteiger partial charge in [-0.25, -0.2) is 13.6 Å². The van der Waals surface area contributed by atoms with E-state index in [9.17, 15) is 23.6 Å². The highest BCUT2D eigenvalue weighted by atomic mass is 19.3. The zero-order chi connectivity index (χ0) is 28.0. The Morgan fingerprint density at radius 1 is 1.11 bits per heavy atom. The van der Waals surface area contributed by atoms with Crippen LogP contribution in [0.5, 0.6) is 0 Å². The molecule has 38 heavy (non-hydrogen) atoms. The molecule has 0 aromatic heterocycles. The second-order valence-electron chi connectivity index (χ2n) is 11.8. The molecule has 0 unspecified atom stereocenters. The summed E-state index contributed by atoms with van der Waals surface area (Å²) in [5, 5.41) is 12.7. The summed E-state index contributed by atoms with van der Waals surface area (Å²) in [6, 6.07) is 8.61. The van der Waals surface area contributed by atoms with E-state index in [1.807, 2.05) is 43.0 Å². The molecule has 210 valence electrons. The van der Waals surface area contributed by atoms with Gasteiger partial charge in [-0.3, -0.25) is 14.6 Å². The molecule has 0 saturated carbocycles. The van der Waals surface area contributed by atoms with Crippen LogP contribution in [-0.4, -0.2) is 71.6 Å². The van der Waals surface area contributed by atoms with E-state index >= 15 is 0 Å². The number of amides is 2. The first kappa shape index (κ1) is 29.8. The second-order valence-corrected chi connectivity index (χ2v) is 11.8. The van der Waals surface area contributed by atoms with Crippen LogP contribution >= 0.6 is 0 Å². The van der Waals surface area contributed by atoms with Crippen molar-refractivity contribution in [3.63, 3.8) is 0 Å². The van der Waals surface area contributed by atoms with Gasteiger partial charge in [0.25, 0.3) is 6.43 Å². The van der Waals surface area contributed by atoms with Gasteiger partial charge in [-0.05, 0) is 89.4 Å². The number of hydrogen-bond donors (Lipinski definition) is 1. The summed E-state index contributed by atoms with van der Waals surface area (Å²) in [7, 11) is 0. The maximum Gasteiger partial charge on any atom is 0.411 e. The molecule has 1 aromatic carbocycles. The molecular formula is C29H42F2N4O3. The molecule has 0 bridgehead atoms. The molecule has 1 aromatic rings. The fraction of sp³-hybridized carbons (Fsp3) is 0.690. The average molecular weight is 533 g/mol. The van der Waals surface area contributed by atoms with E-state index in [4.69, 9.17) is 4.74 Å². The summed E-state index contributed by atoms with van der Waals surface area (Å²) in [5.74, 6) is -0.0730. The van der Waals surface area contributed by atoms with E-state index in [1.165, 1.54) is 10.5 Å². The van der Waals surface area contributed by atoms with Crippen molar-refractivity contribution in [1.29, 1.82) is 5.26 Å². The Balaban J connectivity index is 1.61. The number of alkyl halides is 2. The predicted molar refractivity (Wildman–Crippen MR) is 142 cm³/mol. The lowest BCUT2D eigenvalue weighted by atomic mass is 9.86. The fourth-order valence-electron chi connectivity index (χ4n) is 5.53. The molecular weight excluding hydrogens is 490 g/mol. The van der Waals surface area contributed by atoms with Crippen LogP contribution in [0.3, 0.4) is 0 Å². The van der Waals surface area contributed by atoms with Crippen molar-refractivity contribution in [3.8, 4) is 6.07 Å². The molecule has 2 amide bonds. The fourth-order valence-corrected chi connectivity index (χ4v) is 5.53. The molecule has 0 spiro atoms. The smallest absolute Gasteiger partial charge is 0.411 e. The maximum absolute atomic E-state index is 13.4. The molecule has 0 radical (unpaired) electrons. The number of nitriles is 1. The zero-order valence-electron chi connectivity index (χ0n) is 23.3. The van der Waals surface area contributed by atoms with E-state index in [-0.39, 0.29) is 24.4 Å². The van der Waals surface area contributed by atoms with Crippen LogP contribution in [0, 0.1) is 17.2 Å². The highest BCUT2D eigenvalue weighted by Gasteiger charge is 2.43. The van der Waals surface area contributed by atoms with E-state index in [0.29, 0.717) is 25.4 Å². The van der Waals surface area contributed by atoms with Crippen molar-refractivity contribution in [3.05, 3.63) is 35.4 Å². The number of rotatable bonds is 7. The maximum atomic E-state index is 13.4. The molecule has 2 fully saturated rings. The number of piperidine rings is 2. The number of benzene rings is 1. The number of nitrogens with one attached hydrogen (secondary N) is 1. The van der Waals surface area contributed by atoms with Gasteiger partial charge in [0.1, 0.15) is 17.7 Å². The molecule has 1 N–H and O–H groups in total. The summed E-state index contributed by atoms with van der Waals surface area (Å²) < 4.78 is 30.9. The zero-order valence-corrected chi connectivity index (χ0v) is 23.3. The van der Waals surface area contributed by atoms with Crippen molar-refractivity contribution in [2.75, 3.05) is 19.6 Å². The molecule has 3 rings (SSSR count). The van der Waals surface area contributed by atoms with Crippen molar-refractivity contribution in [2.45, 2.75) is 103 Å². The van der Waals surface area contributed by atoms with E-state index in [0.717, 1.165) is 31.2 Å². The lowest BCUT2D eigenvalue weighted by Crippen LogP contribution is -2.60. The Labute approximate surface area is 225 Å². The molecule has 2 aliphatic rings. The Bertz CT molecular complexity index is 981. The van der Waals surface area contributed by atoms with Crippen LogP contribution in [0.25, 0.3) is 0 Å². The Hall–Kier alpha value is -2.73. The third-order valence-electron chi connectivity index (χ3n) is 7.57. The Kier molecular flexibility index (Phi) is 10.1. The topological polar surface area (TPSA) is 85.7 Å². The summed E-state index contributed by atoms with van der Waals surface area (Å²) in [4.78, 5) is 29.7. The van der Waals surface area contributed by atoms with Crippen LogP contribution in [0.15, 0.2) is 24.3 Å². The summed E-state index contributed by atoms with van der Waals surface area (Å²) in [6.45, 7) is 10.4. The number of nitrogens with zero attached hydrogens (tertiary/aromatic N) is 3. The van der Waals surface area contributed by atoms with Gasteiger partial charge in [-0.2, -0.15) is 5.26 Å². The SMILES string of the molecule is C[C@@H]1CC[C@H](C)N(C(=O)OC(C)(C)C)[C@@H]1C(=O)N[C@H](C#N)Cc1ccc(C2CCN(CC(F)F)CC2)cc1. The first-order valence-corrected chi connectivity index (χ1v) is 13.7. The first-order chi connectivity index (χ1) is 17.9. The second kappa shape index (κ2) is 12.9. The molecule has 2 heterocycles. The largest absolute Gasteiger partial charge is 0.444 e. The van der Waals surface area contributed by atoms with Gasteiger partial charge in [-0.1, -0.05) is 31.2 Å². The molecule has 4 atom stereocenters. The summed E-state index contributed by atoms with van der Waals surface area (Å²) in [5.41, 5.74) is 1.41. The van der Waals surface area contributed by atoms with Crippen molar-refractivity contribution in [2.24, 2.45) is 5.92 Å². The van der Waals surface area contributed by atoms with Crippen LogP contribution < -0.4 is 5.32 Å². The predicted octanol–water partition coefficient (Wildman–Crippen LogP) is 5.11. The van der Waals surface area contributed by atoms with Gasteiger partial charge in [0.15, 0.2) is 0 Å². The van der Waals surface area contributed by atoms with Crippen molar-refractivity contribution < 1.29 is 23.1 Å². The van der Waals surface area contributed by atoms with Gasteiger partial charge < -0.3 is 10.1 Å². The quantitative estimate of drug-likeness (QED) is 0.528. The van der Waals surface area contributed by atoms with Crippen LogP contribution in [0.1, 0.15) is 77.3 Å². The minimum Gasteiger partial charge on any atom is -0.444 e. The Morgan fingerprint density at radius 3 is 2.29 bits per heavy atom. The number of ether oxygens (including phenoxy) is 1. The average Bonchev–Trinajstić information content (AvgIpc) is 2.84. The lowest BCUT2D eigenvalue weighted by Gasteiger charge is -2.43. The third-order valence-corrected chi connectivity index (χ3v) is 7.57. The van der Waals surface area contributed by atoms with Gasteiger partial charge >= 0.3 is 6.09 Å². The Morgan fingerprint density at radius 2 is 1.74 bits per heavy atom. The highest BCUT2D eigenvalue weighted by Crippen LogP contribution is 2.31. The summed E-state index contributed by atoms with van der Waals surface area (Å²) >= 11 is 0. The van der Waals surface area contributed by atoms with Gasteiger partial charge in [0, 0.05) is 12.5 Å². The molecule has 9 heteroatoms. The van der Waals surface area contributed by atoms with Crippen LogP contribution in [-0.2, 0) is 16.0 Å². The number of carbonyl (C=O) groups is 2. The van der Waals surface area contributed by atoms with Crippen LogP contribution in [0.4, 0.5) is 13.6 Å². The minimum absolute atomic E-state index is 0.0653. The minimum atomic E-state index is -2.30. The normalized spacial score (nSPS) is 24.1. The number of halogens is 2. The monoisotopic (exact) mass is 532 g/mol. The molecule has 0 aliphatic carbocycles. The number of likely N-dealkylation sites (tertiary alicyclic amines) is 2. The number of carbonyl (C=O) groups excluding carboxylic acids is 2.